The molecule has 2 N–H and O–H groups in total. The van der Waals surface area contributed by atoms with Crippen LogP contribution in [0, 0.1) is 0 Å². The van der Waals surface area contributed by atoms with Crippen LogP contribution in [0.1, 0.15) is 23.0 Å². The van der Waals surface area contributed by atoms with Crippen LogP contribution in [0.4, 0.5) is 19.0 Å². The van der Waals surface area contributed by atoms with Crippen LogP contribution in [0.25, 0.3) is 0 Å². The standard InChI is InChI=1S/C10H10ClF3N2O2/c1-2-7-6(11)3-5(9(17)18)8(16-7)15-4-10(12,13)14/h3H,2,4H2,1H3,(H,15,16)(H,17,18). The third kappa shape index (κ3) is 3.76. The maximum Gasteiger partial charge on any atom is 0.405 e. The number of hydrogen-bond donors (Lipinski definition) is 2. The molecule has 0 amide bonds. The Hall–Kier alpha value is -1.50. The molecule has 1 aromatic rings. The summed E-state index contributed by atoms with van der Waals surface area (Å²) in [6.07, 6.45) is -4.07. The molecule has 0 bridgehead atoms. The van der Waals surface area contributed by atoms with Gasteiger partial charge in [-0.25, -0.2) is 9.78 Å². The first-order valence-corrected chi connectivity index (χ1v) is 5.35. The Bertz CT molecular complexity index is 463. The molecule has 0 saturated heterocycles. The van der Waals surface area contributed by atoms with Crippen LogP contribution in [0.15, 0.2) is 6.07 Å². The predicted octanol–water partition coefficient (Wildman–Crippen LogP) is 2.97. The number of carboxylic acids is 1. The first-order chi connectivity index (χ1) is 8.24. The highest BCUT2D eigenvalue weighted by Crippen LogP contribution is 2.24. The van der Waals surface area contributed by atoms with Gasteiger partial charge in [0.1, 0.15) is 17.9 Å². The summed E-state index contributed by atoms with van der Waals surface area (Å²) in [4.78, 5) is 14.7. The zero-order valence-corrected chi connectivity index (χ0v) is 10.1. The lowest BCUT2D eigenvalue weighted by molar-refractivity contribution is -0.115. The molecule has 0 fully saturated rings. The highest BCUT2D eigenvalue weighted by Gasteiger charge is 2.28. The summed E-state index contributed by atoms with van der Waals surface area (Å²) < 4.78 is 36.2. The molecule has 0 aromatic carbocycles. The van der Waals surface area contributed by atoms with E-state index in [1.807, 2.05) is 5.32 Å². The zero-order chi connectivity index (χ0) is 13.9. The molecule has 18 heavy (non-hydrogen) atoms. The van der Waals surface area contributed by atoms with Crippen LogP contribution < -0.4 is 5.32 Å². The number of carboxylic acid groups (broad SMARTS) is 1. The molecular formula is C10H10ClF3N2O2. The number of nitrogens with one attached hydrogen (secondary N) is 1. The average molecular weight is 283 g/mol. The number of hydrogen-bond acceptors (Lipinski definition) is 3. The van der Waals surface area contributed by atoms with Crippen LogP contribution in [-0.2, 0) is 6.42 Å². The van der Waals surface area contributed by atoms with E-state index < -0.39 is 18.7 Å². The van der Waals surface area contributed by atoms with E-state index in [9.17, 15) is 18.0 Å². The van der Waals surface area contributed by atoms with Crippen molar-refractivity contribution in [1.82, 2.24) is 4.98 Å². The van der Waals surface area contributed by atoms with Gasteiger partial charge in [0.05, 0.1) is 10.7 Å². The van der Waals surface area contributed by atoms with Crippen molar-refractivity contribution < 1.29 is 23.1 Å². The highest BCUT2D eigenvalue weighted by atomic mass is 35.5. The minimum Gasteiger partial charge on any atom is -0.478 e. The Kier molecular flexibility index (Phi) is 4.39. The van der Waals surface area contributed by atoms with Gasteiger partial charge in [0.15, 0.2) is 0 Å². The second kappa shape index (κ2) is 5.43. The summed E-state index contributed by atoms with van der Waals surface area (Å²) in [5.41, 5.74) is -0.0483. The topological polar surface area (TPSA) is 62.2 Å². The quantitative estimate of drug-likeness (QED) is 0.891. The number of rotatable bonds is 4. The van der Waals surface area contributed by atoms with E-state index in [0.29, 0.717) is 12.1 Å². The Morgan fingerprint density at radius 2 is 2.17 bits per heavy atom. The van der Waals surface area contributed by atoms with E-state index >= 15 is 0 Å². The van der Waals surface area contributed by atoms with Crippen molar-refractivity contribution in [2.45, 2.75) is 19.5 Å². The van der Waals surface area contributed by atoms with E-state index in [4.69, 9.17) is 16.7 Å². The van der Waals surface area contributed by atoms with Gasteiger partial charge in [-0.3, -0.25) is 0 Å². The lowest BCUT2D eigenvalue weighted by atomic mass is 10.2. The number of nitrogens with zero attached hydrogens (tertiary/aromatic N) is 1. The van der Waals surface area contributed by atoms with Crippen molar-refractivity contribution in [2.24, 2.45) is 0 Å². The van der Waals surface area contributed by atoms with E-state index in [0.717, 1.165) is 6.07 Å². The normalized spacial score (nSPS) is 11.4. The third-order valence-corrected chi connectivity index (χ3v) is 2.40. The highest BCUT2D eigenvalue weighted by molar-refractivity contribution is 6.31. The molecule has 100 valence electrons. The molecule has 0 atom stereocenters. The van der Waals surface area contributed by atoms with Crippen LogP contribution in [-0.4, -0.2) is 28.8 Å². The molecule has 0 saturated carbocycles. The zero-order valence-electron chi connectivity index (χ0n) is 9.31. The number of pyridine rings is 1. The first kappa shape index (κ1) is 14.6. The van der Waals surface area contributed by atoms with E-state index in [2.05, 4.69) is 4.98 Å². The number of aromatic carboxylic acids is 1. The Morgan fingerprint density at radius 3 is 2.61 bits per heavy atom. The molecule has 1 aromatic heterocycles. The summed E-state index contributed by atoms with van der Waals surface area (Å²) >= 11 is 5.76. The van der Waals surface area contributed by atoms with Crippen molar-refractivity contribution in [2.75, 3.05) is 11.9 Å². The molecule has 0 radical (unpaired) electrons. The number of anilines is 1. The third-order valence-electron chi connectivity index (χ3n) is 2.07. The molecule has 1 heterocycles. The fraction of sp³-hybridized carbons (Fsp3) is 0.400. The fourth-order valence-electron chi connectivity index (χ4n) is 1.26. The van der Waals surface area contributed by atoms with E-state index in [-0.39, 0.29) is 16.4 Å². The molecule has 0 spiro atoms. The number of aromatic nitrogens is 1. The van der Waals surface area contributed by atoms with Crippen molar-refractivity contribution in [3.05, 3.63) is 22.3 Å². The average Bonchev–Trinajstić information content (AvgIpc) is 2.25. The Labute approximate surface area is 106 Å². The summed E-state index contributed by atoms with van der Waals surface area (Å²) in [5.74, 6) is -1.72. The smallest absolute Gasteiger partial charge is 0.405 e. The first-order valence-electron chi connectivity index (χ1n) is 4.98. The molecule has 0 aliphatic rings. The maximum absolute atomic E-state index is 12.1. The summed E-state index contributed by atoms with van der Waals surface area (Å²) in [5, 5.41) is 10.9. The predicted molar refractivity (Wildman–Crippen MR) is 60.1 cm³/mol. The lowest BCUT2D eigenvalue weighted by Crippen LogP contribution is -2.23. The van der Waals surface area contributed by atoms with E-state index in [1.54, 1.807) is 6.92 Å². The van der Waals surface area contributed by atoms with Gasteiger partial charge in [0.2, 0.25) is 0 Å². The summed E-state index contributed by atoms with van der Waals surface area (Å²) in [6, 6.07) is 1.09. The van der Waals surface area contributed by atoms with Gasteiger partial charge in [-0.1, -0.05) is 18.5 Å². The van der Waals surface area contributed by atoms with Gasteiger partial charge in [-0.2, -0.15) is 13.2 Å². The minimum absolute atomic E-state index is 0.118. The second-order valence-corrected chi connectivity index (χ2v) is 3.85. The molecule has 4 nitrogen and oxygen atoms in total. The lowest BCUT2D eigenvalue weighted by Gasteiger charge is -2.13. The number of halogens is 4. The van der Waals surface area contributed by atoms with Gasteiger partial charge in [-0.05, 0) is 12.5 Å². The molecule has 0 aliphatic heterocycles. The van der Waals surface area contributed by atoms with Crippen molar-refractivity contribution in [3.8, 4) is 0 Å². The molecule has 1 rings (SSSR count). The summed E-state index contributed by atoms with van der Waals surface area (Å²) in [6.45, 7) is 0.354. The largest absolute Gasteiger partial charge is 0.478 e. The van der Waals surface area contributed by atoms with Crippen molar-refractivity contribution in [3.63, 3.8) is 0 Å². The summed E-state index contributed by atoms with van der Waals surface area (Å²) in [7, 11) is 0. The van der Waals surface area contributed by atoms with Crippen LogP contribution in [0.3, 0.4) is 0 Å². The SMILES string of the molecule is CCc1nc(NCC(F)(F)F)c(C(=O)O)cc1Cl. The van der Waals surface area contributed by atoms with Crippen molar-refractivity contribution in [1.29, 1.82) is 0 Å². The van der Waals surface area contributed by atoms with Crippen molar-refractivity contribution >= 4 is 23.4 Å². The number of alkyl halides is 3. The van der Waals surface area contributed by atoms with Crippen LogP contribution in [0.2, 0.25) is 5.02 Å². The van der Waals surface area contributed by atoms with Gasteiger partial charge in [0.25, 0.3) is 0 Å². The van der Waals surface area contributed by atoms with Gasteiger partial charge in [0, 0.05) is 0 Å². The fourth-order valence-corrected chi connectivity index (χ4v) is 1.54. The minimum atomic E-state index is -4.45. The molecule has 0 aliphatic carbocycles. The van der Waals surface area contributed by atoms with E-state index in [1.165, 1.54) is 0 Å². The molecular weight excluding hydrogens is 273 g/mol. The van der Waals surface area contributed by atoms with Gasteiger partial charge in [-0.15, -0.1) is 0 Å². The number of carbonyl (C=O) groups is 1. The molecule has 8 heteroatoms. The number of aryl methyl sites for hydroxylation is 1. The van der Waals surface area contributed by atoms with Gasteiger partial charge >= 0.3 is 12.1 Å². The Morgan fingerprint density at radius 1 is 1.56 bits per heavy atom. The maximum atomic E-state index is 12.1. The van der Waals surface area contributed by atoms with Crippen LogP contribution >= 0.6 is 11.6 Å². The van der Waals surface area contributed by atoms with Gasteiger partial charge < -0.3 is 10.4 Å². The molecule has 0 unspecified atom stereocenters. The van der Waals surface area contributed by atoms with Crippen LogP contribution in [0.5, 0.6) is 0 Å². The second-order valence-electron chi connectivity index (χ2n) is 3.44. The Balaban J connectivity index is 3.10. The monoisotopic (exact) mass is 282 g/mol.